The van der Waals surface area contributed by atoms with Crippen molar-refractivity contribution in [3.63, 3.8) is 0 Å². The third-order valence-corrected chi connectivity index (χ3v) is 3.23. The van der Waals surface area contributed by atoms with E-state index in [4.69, 9.17) is 22.6 Å². The zero-order chi connectivity index (χ0) is 14.7. The van der Waals surface area contributed by atoms with Gasteiger partial charge in [0.2, 0.25) is 0 Å². The summed E-state index contributed by atoms with van der Waals surface area (Å²) in [5.41, 5.74) is 8.00. The Kier molecular flexibility index (Phi) is 4.11. The molecule has 0 radical (unpaired) electrons. The third kappa shape index (κ3) is 3.01. The summed E-state index contributed by atoms with van der Waals surface area (Å²) in [6.45, 7) is 0.335. The van der Waals surface area contributed by atoms with E-state index in [0.29, 0.717) is 28.4 Å². The van der Waals surface area contributed by atoms with Crippen LogP contribution in [0, 0.1) is 17.1 Å². The maximum atomic E-state index is 13.9. The number of nitrogen functional groups attached to an aromatic ring is 1. The summed E-state index contributed by atoms with van der Waals surface area (Å²) in [6, 6.07) is 11.5. The normalized spacial score (nSPS) is 10.1. The van der Waals surface area contributed by atoms with E-state index in [0.717, 1.165) is 5.69 Å². The molecule has 2 aromatic carbocycles. The van der Waals surface area contributed by atoms with Crippen molar-refractivity contribution in [2.75, 3.05) is 17.7 Å². The van der Waals surface area contributed by atoms with Crippen LogP contribution >= 0.6 is 11.6 Å². The molecule has 102 valence electrons. The molecule has 0 bridgehead atoms. The number of nitriles is 1. The molecule has 0 fully saturated rings. The topological polar surface area (TPSA) is 53.0 Å². The molecule has 0 aliphatic rings. The van der Waals surface area contributed by atoms with Crippen LogP contribution in [0.1, 0.15) is 11.1 Å². The highest BCUT2D eigenvalue weighted by molar-refractivity contribution is 6.31. The Hall–Kier alpha value is -2.25. The lowest BCUT2D eigenvalue weighted by Gasteiger charge is -2.21. The first-order valence-corrected chi connectivity index (χ1v) is 6.33. The van der Waals surface area contributed by atoms with Gasteiger partial charge in [0.15, 0.2) is 0 Å². The molecule has 3 nitrogen and oxygen atoms in total. The molecule has 0 aliphatic heterocycles. The van der Waals surface area contributed by atoms with Gasteiger partial charge in [0, 0.05) is 24.2 Å². The van der Waals surface area contributed by atoms with Crippen LogP contribution < -0.4 is 10.6 Å². The van der Waals surface area contributed by atoms with Crippen LogP contribution in [0.15, 0.2) is 36.4 Å². The number of hydrogen-bond donors (Lipinski definition) is 1. The van der Waals surface area contributed by atoms with Gasteiger partial charge in [0.1, 0.15) is 5.82 Å². The Labute approximate surface area is 122 Å². The van der Waals surface area contributed by atoms with E-state index in [9.17, 15) is 4.39 Å². The fourth-order valence-corrected chi connectivity index (χ4v) is 2.10. The van der Waals surface area contributed by atoms with E-state index in [1.807, 2.05) is 11.0 Å². The fourth-order valence-electron chi connectivity index (χ4n) is 1.93. The first-order valence-electron chi connectivity index (χ1n) is 5.96. The van der Waals surface area contributed by atoms with Gasteiger partial charge in [-0.05, 0) is 30.3 Å². The van der Waals surface area contributed by atoms with Gasteiger partial charge < -0.3 is 10.6 Å². The minimum Gasteiger partial charge on any atom is -0.397 e. The van der Waals surface area contributed by atoms with Crippen LogP contribution in [-0.4, -0.2) is 7.05 Å². The molecular formula is C15H13ClFN3. The Balaban J connectivity index is 2.26. The second-order valence-corrected chi connectivity index (χ2v) is 4.91. The summed E-state index contributed by atoms with van der Waals surface area (Å²) in [5.74, 6) is -0.406. The molecule has 0 spiro atoms. The molecule has 0 saturated heterocycles. The third-order valence-electron chi connectivity index (χ3n) is 2.99. The van der Waals surface area contributed by atoms with Crippen molar-refractivity contribution in [3.8, 4) is 6.07 Å². The SMILES string of the molecule is CN(Cc1ccc(C#N)cc1F)c1cc(Cl)ccc1N. The average molecular weight is 290 g/mol. The van der Waals surface area contributed by atoms with Crippen LogP contribution in [0.2, 0.25) is 5.02 Å². The molecule has 0 aromatic heterocycles. The number of nitrogens with two attached hydrogens (primary N) is 1. The largest absolute Gasteiger partial charge is 0.397 e. The molecule has 0 amide bonds. The van der Waals surface area contributed by atoms with Crippen LogP contribution in [0.4, 0.5) is 15.8 Å². The van der Waals surface area contributed by atoms with Crippen LogP contribution in [0.3, 0.4) is 0 Å². The van der Waals surface area contributed by atoms with E-state index in [-0.39, 0.29) is 0 Å². The Morgan fingerprint density at radius 1 is 1.30 bits per heavy atom. The number of hydrogen-bond acceptors (Lipinski definition) is 3. The minimum absolute atomic E-state index is 0.302. The van der Waals surface area contributed by atoms with E-state index < -0.39 is 5.82 Å². The molecule has 2 rings (SSSR count). The average Bonchev–Trinajstić information content (AvgIpc) is 2.43. The summed E-state index contributed by atoms with van der Waals surface area (Å²) in [4.78, 5) is 1.81. The molecule has 20 heavy (non-hydrogen) atoms. The summed E-state index contributed by atoms with van der Waals surface area (Å²) in [6.07, 6.45) is 0. The lowest BCUT2D eigenvalue weighted by molar-refractivity contribution is 0.607. The molecule has 0 aliphatic carbocycles. The van der Waals surface area contributed by atoms with E-state index in [1.165, 1.54) is 6.07 Å². The monoisotopic (exact) mass is 289 g/mol. The molecular weight excluding hydrogens is 277 g/mol. The summed E-state index contributed by atoms with van der Waals surface area (Å²) >= 11 is 5.94. The van der Waals surface area contributed by atoms with Gasteiger partial charge in [-0.2, -0.15) is 5.26 Å². The van der Waals surface area contributed by atoms with Gasteiger partial charge in [-0.1, -0.05) is 17.7 Å². The van der Waals surface area contributed by atoms with Gasteiger partial charge >= 0.3 is 0 Å². The van der Waals surface area contributed by atoms with Crippen molar-refractivity contribution in [3.05, 3.63) is 58.4 Å². The van der Waals surface area contributed by atoms with Crippen LogP contribution in [0.25, 0.3) is 0 Å². The number of nitrogens with zero attached hydrogens (tertiary/aromatic N) is 2. The van der Waals surface area contributed by atoms with Crippen molar-refractivity contribution in [2.24, 2.45) is 0 Å². The zero-order valence-electron chi connectivity index (χ0n) is 10.9. The quantitative estimate of drug-likeness (QED) is 0.879. The first kappa shape index (κ1) is 14.2. The summed E-state index contributed by atoms with van der Waals surface area (Å²) in [5, 5.41) is 9.29. The standard InChI is InChI=1S/C15H13ClFN3/c1-20(15-7-12(16)4-5-14(15)19)9-11-3-2-10(8-18)6-13(11)17/h2-7H,9,19H2,1H3. The van der Waals surface area contributed by atoms with Gasteiger partial charge in [-0.3, -0.25) is 0 Å². The first-order chi connectivity index (χ1) is 9.51. The lowest BCUT2D eigenvalue weighted by atomic mass is 10.1. The van der Waals surface area contributed by atoms with Gasteiger partial charge in [0.25, 0.3) is 0 Å². The van der Waals surface area contributed by atoms with E-state index >= 15 is 0 Å². The number of halogens is 2. The zero-order valence-corrected chi connectivity index (χ0v) is 11.7. The highest BCUT2D eigenvalue weighted by atomic mass is 35.5. The van der Waals surface area contributed by atoms with E-state index in [2.05, 4.69) is 0 Å². The van der Waals surface area contributed by atoms with Crippen LogP contribution in [-0.2, 0) is 6.54 Å². The predicted octanol–water partition coefficient (Wildman–Crippen LogP) is 3.57. The lowest BCUT2D eigenvalue weighted by Crippen LogP contribution is -2.18. The van der Waals surface area contributed by atoms with Crippen LogP contribution in [0.5, 0.6) is 0 Å². The predicted molar refractivity (Wildman–Crippen MR) is 79.1 cm³/mol. The molecule has 0 atom stereocenters. The van der Waals surface area contributed by atoms with Crippen molar-refractivity contribution in [2.45, 2.75) is 6.54 Å². The highest BCUT2D eigenvalue weighted by Crippen LogP contribution is 2.27. The van der Waals surface area contributed by atoms with Crippen molar-refractivity contribution >= 4 is 23.0 Å². The molecule has 0 saturated carbocycles. The van der Waals surface area contributed by atoms with Crippen molar-refractivity contribution < 1.29 is 4.39 Å². The summed E-state index contributed by atoms with van der Waals surface area (Å²) in [7, 11) is 1.81. The van der Waals surface area contributed by atoms with E-state index in [1.54, 1.807) is 37.4 Å². The van der Waals surface area contributed by atoms with Crippen molar-refractivity contribution in [1.29, 1.82) is 5.26 Å². The molecule has 2 aromatic rings. The number of anilines is 2. The molecule has 2 N–H and O–H groups in total. The highest BCUT2D eigenvalue weighted by Gasteiger charge is 2.10. The molecule has 0 unspecified atom stereocenters. The fraction of sp³-hybridized carbons (Fsp3) is 0.133. The number of rotatable bonds is 3. The number of benzene rings is 2. The van der Waals surface area contributed by atoms with Gasteiger partial charge in [-0.25, -0.2) is 4.39 Å². The Morgan fingerprint density at radius 2 is 2.05 bits per heavy atom. The molecule has 0 heterocycles. The maximum Gasteiger partial charge on any atom is 0.129 e. The second kappa shape index (κ2) is 5.81. The van der Waals surface area contributed by atoms with Crippen molar-refractivity contribution in [1.82, 2.24) is 0 Å². The minimum atomic E-state index is -0.406. The van der Waals surface area contributed by atoms with Gasteiger partial charge in [0.05, 0.1) is 23.0 Å². The Bertz CT molecular complexity index is 679. The smallest absolute Gasteiger partial charge is 0.129 e. The summed E-state index contributed by atoms with van der Waals surface area (Å²) < 4.78 is 13.9. The second-order valence-electron chi connectivity index (χ2n) is 4.48. The Morgan fingerprint density at radius 3 is 2.70 bits per heavy atom. The maximum absolute atomic E-state index is 13.9. The molecule has 5 heteroatoms. The van der Waals surface area contributed by atoms with Gasteiger partial charge in [-0.15, -0.1) is 0 Å².